The number of hydrogen-bond donors (Lipinski definition) is 1. The van der Waals surface area contributed by atoms with Crippen molar-refractivity contribution in [2.24, 2.45) is 0 Å². The molecule has 1 aromatic heterocycles. The van der Waals surface area contributed by atoms with Crippen LogP contribution in [0.15, 0.2) is 22.4 Å². The molecule has 0 unspecified atom stereocenters. The van der Waals surface area contributed by atoms with Gasteiger partial charge in [0.25, 0.3) is 0 Å². The Morgan fingerprint density at radius 1 is 1.50 bits per heavy atom. The monoisotopic (exact) mass is 222 g/mol. The van der Waals surface area contributed by atoms with Gasteiger partial charge in [0.2, 0.25) is 0 Å². The second kappa shape index (κ2) is 3.75. The first kappa shape index (κ1) is 9.74. The third-order valence-electron chi connectivity index (χ3n) is 2.32. The van der Waals surface area contributed by atoms with Crippen molar-refractivity contribution in [3.63, 3.8) is 0 Å². The largest absolute Gasteiger partial charge is 0.298 e. The molecule has 0 saturated carbocycles. The number of thiophene rings is 1. The Labute approximate surface area is 92.2 Å². The highest BCUT2D eigenvalue weighted by atomic mass is 32.2. The average Bonchev–Trinajstić information content (AvgIpc) is 2.56. The van der Waals surface area contributed by atoms with Gasteiger partial charge in [-0.3, -0.25) is 4.79 Å². The third-order valence-corrected chi connectivity index (χ3v) is 3.62. The zero-order valence-electron chi connectivity index (χ0n) is 7.78. The summed E-state index contributed by atoms with van der Waals surface area (Å²) in [4.78, 5) is 11.0. The molecule has 0 fully saturated rings. The van der Waals surface area contributed by atoms with Crippen LogP contribution >= 0.6 is 24.0 Å². The lowest BCUT2D eigenvalue weighted by atomic mass is 10.0. The second-order valence-corrected chi connectivity index (χ2v) is 4.97. The van der Waals surface area contributed by atoms with Crippen molar-refractivity contribution in [3.05, 3.63) is 29.3 Å². The summed E-state index contributed by atoms with van der Waals surface area (Å²) in [6.45, 7) is 2.06. The van der Waals surface area contributed by atoms with Crippen LogP contribution in [-0.4, -0.2) is 6.29 Å². The van der Waals surface area contributed by atoms with E-state index in [9.17, 15) is 4.79 Å². The number of rotatable bonds is 2. The summed E-state index contributed by atoms with van der Waals surface area (Å²) in [5, 5.41) is 1.04. The Bertz CT molecular complexity index is 485. The van der Waals surface area contributed by atoms with E-state index in [1.807, 2.05) is 12.1 Å². The predicted octanol–water partition coefficient (Wildman–Crippen LogP) is 3.56. The zero-order chi connectivity index (χ0) is 10.1. The van der Waals surface area contributed by atoms with Crippen LogP contribution in [0, 0.1) is 0 Å². The SMILES string of the molecule is CCc1ccc2sc(S)cc2c1C=O. The van der Waals surface area contributed by atoms with Gasteiger partial charge in [0.15, 0.2) is 6.29 Å². The molecule has 0 aliphatic carbocycles. The van der Waals surface area contributed by atoms with Crippen LogP contribution in [0.3, 0.4) is 0 Å². The number of thiol groups is 1. The smallest absolute Gasteiger partial charge is 0.150 e. The maximum atomic E-state index is 11.0. The van der Waals surface area contributed by atoms with Gasteiger partial charge in [0.1, 0.15) is 0 Å². The summed E-state index contributed by atoms with van der Waals surface area (Å²) in [5.74, 6) is 0. The van der Waals surface area contributed by atoms with Crippen molar-refractivity contribution < 1.29 is 4.79 Å². The van der Waals surface area contributed by atoms with Gasteiger partial charge >= 0.3 is 0 Å². The van der Waals surface area contributed by atoms with Gasteiger partial charge in [-0.2, -0.15) is 0 Å². The molecule has 14 heavy (non-hydrogen) atoms. The summed E-state index contributed by atoms with van der Waals surface area (Å²) < 4.78 is 2.09. The van der Waals surface area contributed by atoms with Crippen LogP contribution in [0.4, 0.5) is 0 Å². The Kier molecular flexibility index (Phi) is 2.61. The summed E-state index contributed by atoms with van der Waals surface area (Å²) in [7, 11) is 0. The van der Waals surface area contributed by atoms with Gasteiger partial charge in [-0.15, -0.1) is 24.0 Å². The molecule has 0 amide bonds. The van der Waals surface area contributed by atoms with E-state index in [1.165, 1.54) is 0 Å². The number of fused-ring (bicyclic) bond motifs is 1. The van der Waals surface area contributed by atoms with E-state index < -0.39 is 0 Å². The fourth-order valence-corrected chi connectivity index (χ4v) is 2.85. The van der Waals surface area contributed by atoms with Gasteiger partial charge in [-0.25, -0.2) is 0 Å². The number of aryl methyl sites for hydroxylation is 1. The molecule has 0 atom stereocenters. The van der Waals surface area contributed by atoms with Crippen LogP contribution in [0.25, 0.3) is 10.1 Å². The topological polar surface area (TPSA) is 17.1 Å². The lowest BCUT2D eigenvalue weighted by molar-refractivity contribution is 0.112. The molecule has 3 heteroatoms. The fraction of sp³-hybridized carbons (Fsp3) is 0.182. The van der Waals surface area contributed by atoms with Crippen LogP contribution < -0.4 is 0 Å². The lowest BCUT2D eigenvalue weighted by Crippen LogP contribution is -1.90. The summed E-state index contributed by atoms with van der Waals surface area (Å²) in [6.07, 6.45) is 1.84. The van der Waals surface area contributed by atoms with Crippen molar-refractivity contribution in [1.29, 1.82) is 0 Å². The summed E-state index contributed by atoms with van der Waals surface area (Å²) in [6, 6.07) is 6.05. The standard InChI is InChI=1S/C11H10OS2/c1-2-7-3-4-10-8(9(7)6-12)5-11(13)14-10/h3-6,13H,2H2,1H3. The number of aldehydes is 1. The Morgan fingerprint density at radius 2 is 2.29 bits per heavy atom. The molecule has 0 aliphatic heterocycles. The third kappa shape index (κ3) is 1.47. The van der Waals surface area contributed by atoms with Crippen molar-refractivity contribution >= 4 is 40.3 Å². The summed E-state index contributed by atoms with van der Waals surface area (Å²) in [5.41, 5.74) is 1.93. The Morgan fingerprint density at radius 3 is 2.93 bits per heavy atom. The number of carbonyl (C=O) groups is 1. The van der Waals surface area contributed by atoms with E-state index in [4.69, 9.17) is 0 Å². The minimum Gasteiger partial charge on any atom is -0.298 e. The van der Waals surface area contributed by atoms with Gasteiger partial charge in [-0.1, -0.05) is 13.0 Å². The van der Waals surface area contributed by atoms with Crippen LogP contribution in [-0.2, 0) is 6.42 Å². The molecule has 0 saturated heterocycles. The van der Waals surface area contributed by atoms with Gasteiger partial charge in [-0.05, 0) is 24.1 Å². The van der Waals surface area contributed by atoms with Gasteiger partial charge in [0.05, 0.1) is 4.21 Å². The van der Waals surface area contributed by atoms with Crippen LogP contribution in [0.1, 0.15) is 22.8 Å². The van der Waals surface area contributed by atoms with Crippen LogP contribution in [0.5, 0.6) is 0 Å². The average molecular weight is 222 g/mol. The zero-order valence-corrected chi connectivity index (χ0v) is 9.49. The highest BCUT2D eigenvalue weighted by Gasteiger charge is 2.07. The molecule has 1 heterocycles. The van der Waals surface area contributed by atoms with E-state index in [0.717, 1.165) is 38.1 Å². The molecular weight excluding hydrogens is 212 g/mol. The molecule has 0 bridgehead atoms. The van der Waals surface area contributed by atoms with Crippen molar-refractivity contribution in [2.75, 3.05) is 0 Å². The van der Waals surface area contributed by atoms with E-state index in [2.05, 4.69) is 25.6 Å². The maximum Gasteiger partial charge on any atom is 0.150 e. The first-order valence-electron chi connectivity index (χ1n) is 4.45. The molecular formula is C11H10OS2. The molecule has 72 valence electrons. The number of carbonyl (C=O) groups excluding carboxylic acids is 1. The molecule has 2 aromatic rings. The summed E-state index contributed by atoms with van der Waals surface area (Å²) >= 11 is 5.90. The second-order valence-electron chi connectivity index (χ2n) is 3.11. The van der Waals surface area contributed by atoms with E-state index in [-0.39, 0.29) is 0 Å². The molecule has 0 radical (unpaired) electrons. The quantitative estimate of drug-likeness (QED) is 0.607. The van der Waals surface area contributed by atoms with E-state index in [1.54, 1.807) is 11.3 Å². The highest BCUT2D eigenvalue weighted by Crippen LogP contribution is 2.31. The fourth-order valence-electron chi connectivity index (χ4n) is 1.61. The normalized spacial score (nSPS) is 10.7. The number of hydrogen-bond acceptors (Lipinski definition) is 3. The molecule has 1 nitrogen and oxygen atoms in total. The van der Waals surface area contributed by atoms with Gasteiger partial charge in [0, 0.05) is 15.6 Å². The van der Waals surface area contributed by atoms with Crippen molar-refractivity contribution in [1.82, 2.24) is 0 Å². The minimum atomic E-state index is 0.821. The van der Waals surface area contributed by atoms with Crippen LogP contribution in [0.2, 0.25) is 0 Å². The molecule has 0 N–H and O–H groups in total. The minimum absolute atomic E-state index is 0.821. The van der Waals surface area contributed by atoms with Crippen molar-refractivity contribution in [2.45, 2.75) is 17.6 Å². The maximum absolute atomic E-state index is 11.0. The number of benzene rings is 1. The highest BCUT2D eigenvalue weighted by molar-refractivity contribution is 7.83. The van der Waals surface area contributed by atoms with E-state index >= 15 is 0 Å². The molecule has 0 aliphatic rings. The van der Waals surface area contributed by atoms with Crippen molar-refractivity contribution in [3.8, 4) is 0 Å². The predicted molar refractivity (Wildman–Crippen MR) is 63.8 cm³/mol. The molecule has 1 aromatic carbocycles. The Hall–Kier alpha value is -0.800. The van der Waals surface area contributed by atoms with E-state index in [0.29, 0.717) is 0 Å². The molecule has 2 rings (SSSR count). The first-order valence-corrected chi connectivity index (χ1v) is 5.72. The lowest BCUT2D eigenvalue weighted by Gasteiger charge is -2.01. The Balaban J connectivity index is 2.82. The molecule has 0 spiro atoms. The van der Waals surface area contributed by atoms with Gasteiger partial charge < -0.3 is 0 Å². The first-order chi connectivity index (χ1) is 6.76.